The number of hydrogen-bond acceptors (Lipinski definition) is 6. The molecule has 0 atom stereocenters. The van der Waals surface area contributed by atoms with Crippen molar-refractivity contribution >= 4 is 26.8 Å². The van der Waals surface area contributed by atoms with Gasteiger partial charge in [-0.05, 0) is 62.6 Å². The molecule has 30 heavy (non-hydrogen) atoms. The molecular weight excluding hydrogens is 408 g/mol. The van der Waals surface area contributed by atoms with E-state index in [-0.39, 0.29) is 10.6 Å². The summed E-state index contributed by atoms with van der Waals surface area (Å²) in [6, 6.07) is 9.80. The highest BCUT2D eigenvalue weighted by Crippen LogP contribution is 2.47. The van der Waals surface area contributed by atoms with Gasteiger partial charge < -0.3 is 10.1 Å². The van der Waals surface area contributed by atoms with Gasteiger partial charge in [0.25, 0.3) is 15.5 Å². The van der Waals surface area contributed by atoms with Gasteiger partial charge in [0.1, 0.15) is 11.4 Å². The van der Waals surface area contributed by atoms with Crippen LogP contribution in [0.15, 0.2) is 53.4 Å². The van der Waals surface area contributed by atoms with Gasteiger partial charge in [0.15, 0.2) is 0 Å². The second kappa shape index (κ2) is 6.66. The van der Waals surface area contributed by atoms with E-state index < -0.39 is 31.1 Å². The van der Waals surface area contributed by atoms with E-state index >= 15 is 0 Å². The second-order valence-electron chi connectivity index (χ2n) is 8.04. The standard InChI is InChI=1S/C21H20N2O6S/c1-20(2)10-9-14-13-15(3-8-18(14)29-20)21(11-12-21)22-19(24)30(27,28)17-6-4-16(5-7-17)23(25)26/h3-10,13H,11-12H2,1-2H3,(H,22,24). The predicted molar refractivity (Wildman–Crippen MR) is 110 cm³/mol. The minimum Gasteiger partial charge on any atom is -0.483 e. The maximum Gasteiger partial charge on any atom is 0.341 e. The number of non-ortho nitro benzene ring substituents is 1. The zero-order valence-electron chi connectivity index (χ0n) is 16.4. The van der Waals surface area contributed by atoms with Crippen molar-refractivity contribution in [3.63, 3.8) is 0 Å². The molecule has 2 aliphatic rings. The lowest BCUT2D eigenvalue weighted by atomic mass is 9.97. The average Bonchev–Trinajstić information content (AvgIpc) is 3.47. The summed E-state index contributed by atoms with van der Waals surface area (Å²) in [7, 11) is -4.33. The van der Waals surface area contributed by atoms with Crippen molar-refractivity contribution in [3.8, 4) is 5.75 Å². The van der Waals surface area contributed by atoms with E-state index in [1.807, 2.05) is 44.2 Å². The predicted octanol–water partition coefficient (Wildman–Crippen LogP) is 3.95. The van der Waals surface area contributed by atoms with E-state index in [1.165, 1.54) is 0 Å². The molecule has 0 saturated heterocycles. The van der Waals surface area contributed by atoms with Crippen LogP contribution >= 0.6 is 0 Å². The van der Waals surface area contributed by atoms with Gasteiger partial charge in [0, 0.05) is 17.7 Å². The Hall–Kier alpha value is -3.20. The van der Waals surface area contributed by atoms with Crippen LogP contribution < -0.4 is 10.1 Å². The van der Waals surface area contributed by atoms with Crippen molar-refractivity contribution in [2.75, 3.05) is 0 Å². The topological polar surface area (TPSA) is 116 Å². The molecule has 0 bridgehead atoms. The molecule has 1 heterocycles. The number of nitro groups is 1. The minimum atomic E-state index is -4.33. The van der Waals surface area contributed by atoms with Gasteiger partial charge in [-0.1, -0.05) is 12.1 Å². The van der Waals surface area contributed by atoms with Gasteiger partial charge in [-0.3, -0.25) is 14.9 Å². The molecule has 0 aromatic heterocycles. The van der Waals surface area contributed by atoms with Crippen molar-refractivity contribution in [1.29, 1.82) is 0 Å². The molecule has 1 amide bonds. The fourth-order valence-electron chi connectivity index (χ4n) is 3.40. The molecule has 156 valence electrons. The van der Waals surface area contributed by atoms with Crippen molar-refractivity contribution in [3.05, 3.63) is 69.8 Å². The van der Waals surface area contributed by atoms with Crippen LogP contribution in [0.25, 0.3) is 6.08 Å². The number of nitrogens with zero attached hydrogens (tertiary/aromatic N) is 1. The Kier molecular flexibility index (Phi) is 4.46. The third-order valence-electron chi connectivity index (χ3n) is 5.29. The zero-order chi connectivity index (χ0) is 21.7. The van der Waals surface area contributed by atoms with E-state index in [1.54, 1.807) is 0 Å². The SMILES string of the molecule is CC1(C)C=Cc2cc(C3(NC(=O)S(=O)(=O)c4ccc([N+](=O)[O-])cc4)CC3)ccc2O1. The van der Waals surface area contributed by atoms with Crippen LogP contribution in [-0.4, -0.2) is 24.2 Å². The number of benzene rings is 2. The van der Waals surface area contributed by atoms with E-state index in [2.05, 4.69) is 5.32 Å². The molecule has 1 aliphatic heterocycles. The first-order valence-electron chi connectivity index (χ1n) is 9.37. The summed E-state index contributed by atoms with van der Waals surface area (Å²) >= 11 is 0. The molecule has 2 aromatic carbocycles. The first kappa shape index (κ1) is 20.1. The largest absolute Gasteiger partial charge is 0.483 e. The van der Waals surface area contributed by atoms with Gasteiger partial charge in [-0.25, -0.2) is 8.42 Å². The Morgan fingerprint density at radius 1 is 1.13 bits per heavy atom. The van der Waals surface area contributed by atoms with Crippen LogP contribution in [-0.2, 0) is 15.4 Å². The number of amides is 1. The molecule has 1 aliphatic carbocycles. The number of carbonyl (C=O) groups is 1. The van der Waals surface area contributed by atoms with Crippen molar-refractivity contribution in [1.82, 2.24) is 5.32 Å². The minimum absolute atomic E-state index is 0.250. The van der Waals surface area contributed by atoms with Gasteiger partial charge in [0.05, 0.1) is 15.4 Å². The zero-order valence-corrected chi connectivity index (χ0v) is 17.2. The Labute approximate surface area is 173 Å². The lowest BCUT2D eigenvalue weighted by Gasteiger charge is -2.28. The van der Waals surface area contributed by atoms with Crippen LogP contribution in [0.3, 0.4) is 0 Å². The Morgan fingerprint density at radius 2 is 1.80 bits per heavy atom. The molecular formula is C21H20N2O6S. The van der Waals surface area contributed by atoms with Crippen molar-refractivity contribution in [2.24, 2.45) is 0 Å². The number of ether oxygens (including phenoxy) is 1. The molecule has 1 fully saturated rings. The summed E-state index contributed by atoms with van der Waals surface area (Å²) < 4.78 is 31.2. The van der Waals surface area contributed by atoms with E-state index in [9.17, 15) is 23.3 Å². The summed E-state index contributed by atoms with van der Waals surface area (Å²) in [5.41, 5.74) is 0.270. The molecule has 4 rings (SSSR count). The summed E-state index contributed by atoms with van der Waals surface area (Å²) in [6.45, 7) is 3.90. The molecule has 0 unspecified atom stereocenters. The average molecular weight is 428 g/mol. The van der Waals surface area contributed by atoms with E-state index in [0.29, 0.717) is 12.8 Å². The van der Waals surface area contributed by atoms with Gasteiger partial charge in [-0.15, -0.1) is 0 Å². The third-order valence-corrected chi connectivity index (χ3v) is 6.78. The molecule has 8 nitrogen and oxygen atoms in total. The fourth-order valence-corrected chi connectivity index (χ4v) is 4.44. The monoisotopic (exact) mass is 428 g/mol. The second-order valence-corrected chi connectivity index (χ2v) is 9.89. The third kappa shape index (κ3) is 3.56. The van der Waals surface area contributed by atoms with Crippen LogP contribution in [0, 0.1) is 10.1 Å². The number of fused-ring (bicyclic) bond motifs is 1. The van der Waals surface area contributed by atoms with Gasteiger partial charge in [-0.2, -0.15) is 0 Å². The smallest absolute Gasteiger partial charge is 0.341 e. The normalized spacial score (nSPS) is 18.1. The van der Waals surface area contributed by atoms with Crippen molar-refractivity contribution < 1.29 is 22.9 Å². The number of sulfone groups is 1. The molecule has 9 heteroatoms. The summed E-state index contributed by atoms with van der Waals surface area (Å²) in [6.07, 6.45) is 5.12. The van der Waals surface area contributed by atoms with Crippen LogP contribution in [0.4, 0.5) is 10.5 Å². The summed E-state index contributed by atoms with van der Waals surface area (Å²) in [4.78, 5) is 22.4. The van der Waals surface area contributed by atoms with E-state index in [4.69, 9.17) is 4.74 Å². The first-order chi connectivity index (χ1) is 14.0. The van der Waals surface area contributed by atoms with Crippen molar-refractivity contribution in [2.45, 2.75) is 42.7 Å². The Morgan fingerprint density at radius 3 is 2.40 bits per heavy atom. The van der Waals surface area contributed by atoms with Crippen LogP contribution in [0.5, 0.6) is 5.75 Å². The molecule has 0 radical (unpaired) electrons. The maximum absolute atomic E-state index is 12.6. The number of nitrogens with one attached hydrogen (secondary N) is 1. The van der Waals surface area contributed by atoms with Crippen LogP contribution in [0.1, 0.15) is 37.8 Å². The quantitative estimate of drug-likeness (QED) is 0.582. The Bertz CT molecular complexity index is 1180. The number of nitro benzene ring substituents is 1. The first-order valence-corrected chi connectivity index (χ1v) is 10.9. The van der Waals surface area contributed by atoms with Gasteiger partial charge >= 0.3 is 5.24 Å². The molecule has 1 saturated carbocycles. The number of hydrogen-bond donors (Lipinski definition) is 1. The Balaban J connectivity index is 1.57. The fraction of sp³-hybridized carbons (Fsp3) is 0.286. The highest BCUT2D eigenvalue weighted by atomic mass is 32.2. The number of rotatable bonds is 4. The number of carbonyl (C=O) groups excluding carboxylic acids is 1. The lowest BCUT2D eigenvalue weighted by Crippen LogP contribution is -2.38. The summed E-state index contributed by atoms with van der Waals surface area (Å²) in [5.74, 6) is 0.729. The highest BCUT2D eigenvalue weighted by molar-refractivity contribution is 8.06. The lowest BCUT2D eigenvalue weighted by molar-refractivity contribution is -0.384. The molecule has 2 aromatic rings. The molecule has 1 N–H and O–H groups in total. The van der Waals surface area contributed by atoms with Crippen LogP contribution in [0.2, 0.25) is 0 Å². The molecule has 0 spiro atoms. The maximum atomic E-state index is 12.6. The van der Waals surface area contributed by atoms with Gasteiger partial charge in [0.2, 0.25) is 0 Å². The highest BCUT2D eigenvalue weighted by Gasteiger charge is 2.48. The summed E-state index contributed by atoms with van der Waals surface area (Å²) in [5, 5.41) is 12.3. The van der Waals surface area contributed by atoms with E-state index in [0.717, 1.165) is 41.1 Å².